The van der Waals surface area contributed by atoms with E-state index in [0.717, 1.165) is 11.3 Å². The molecule has 1 aliphatic heterocycles. The molecule has 82 valence electrons. The Morgan fingerprint density at radius 3 is 2.69 bits per heavy atom. The average Bonchev–Trinajstić information content (AvgIpc) is 2.29. The highest BCUT2D eigenvalue weighted by atomic mass is 16.2. The molecule has 1 aliphatic rings. The molecule has 0 fully saturated rings. The molecule has 5 nitrogen and oxygen atoms in total. The number of hydrogen-bond acceptors (Lipinski definition) is 3. The standard InChI is InChI=1S/C11H12N4O/c1-7-6-10(16)14-15-11(7)8-2-4-9(13-12)5-3-8/h2-5,7,13H,6H2,1H3,(H,14,16). The zero-order valence-corrected chi connectivity index (χ0v) is 8.90. The van der Waals surface area contributed by atoms with Gasteiger partial charge in [0.2, 0.25) is 5.91 Å². The van der Waals surface area contributed by atoms with E-state index in [1.54, 1.807) is 12.1 Å². The van der Waals surface area contributed by atoms with Gasteiger partial charge in [-0.05, 0) is 23.5 Å². The van der Waals surface area contributed by atoms with Crippen LogP contribution in [0.15, 0.2) is 29.4 Å². The third-order valence-corrected chi connectivity index (χ3v) is 2.57. The van der Waals surface area contributed by atoms with Crippen molar-refractivity contribution in [3.05, 3.63) is 29.8 Å². The topological polar surface area (TPSA) is 75.8 Å². The molecule has 5 heteroatoms. The third-order valence-electron chi connectivity index (χ3n) is 2.57. The Labute approximate surface area is 93.7 Å². The predicted octanol–water partition coefficient (Wildman–Crippen LogP) is 0.942. The van der Waals surface area contributed by atoms with Gasteiger partial charge in [0.15, 0.2) is 0 Å². The SMILES string of the molecule is CC1CC(=O)NN=C1c1ccc(N[N])cc1. The first-order chi connectivity index (χ1) is 7.70. The van der Waals surface area contributed by atoms with E-state index in [9.17, 15) is 4.79 Å². The second-order valence-electron chi connectivity index (χ2n) is 3.83. The minimum absolute atomic E-state index is 0.0510. The maximum absolute atomic E-state index is 11.1. The zero-order chi connectivity index (χ0) is 11.5. The number of anilines is 1. The predicted molar refractivity (Wildman–Crippen MR) is 60.7 cm³/mol. The molecule has 2 radical (unpaired) electrons. The van der Waals surface area contributed by atoms with Crippen molar-refractivity contribution in [2.75, 3.05) is 5.43 Å². The van der Waals surface area contributed by atoms with Crippen molar-refractivity contribution in [1.29, 1.82) is 0 Å². The van der Waals surface area contributed by atoms with Crippen LogP contribution in [0.1, 0.15) is 18.9 Å². The Bertz CT molecular complexity index is 424. The van der Waals surface area contributed by atoms with E-state index < -0.39 is 0 Å². The van der Waals surface area contributed by atoms with Crippen LogP contribution < -0.4 is 16.7 Å². The lowest BCUT2D eigenvalue weighted by Crippen LogP contribution is -2.31. The van der Waals surface area contributed by atoms with Crippen molar-refractivity contribution in [2.24, 2.45) is 11.0 Å². The highest BCUT2D eigenvalue weighted by Gasteiger charge is 2.21. The molecule has 0 aromatic heterocycles. The molecule has 0 saturated heterocycles. The lowest BCUT2D eigenvalue weighted by molar-refractivity contribution is -0.121. The number of hydrazone groups is 1. The van der Waals surface area contributed by atoms with Crippen molar-refractivity contribution in [3.63, 3.8) is 0 Å². The molecular formula is C11H12N4O. The Hall–Kier alpha value is -1.88. The van der Waals surface area contributed by atoms with E-state index in [-0.39, 0.29) is 11.8 Å². The van der Waals surface area contributed by atoms with Crippen LogP contribution >= 0.6 is 0 Å². The number of benzene rings is 1. The zero-order valence-electron chi connectivity index (χ0n) is 8.90. The Balaban J connectivity index is 2.26. The number of rotatable bonds is 2. The largest absolute Gasteiger partial charge is 0.286 e. The van der Waals surface area contributed by atoms with Crippen LogP contribution in [0.4, 0.5) is 5.69 Å². The molecule has 0 bridgehead atoms. The molecule has 1 unspecified atom stereocenters. The van der Waals surface area contributed by atoms with Gasteiger partial charge in [0, 0.05) is 12.3 Å². The lowest BCUT2D eigenvalue weighted by atomic mass is 9.94. The van der Waals surface area contributed by atoms with E-state index in [4.69, 9.17) is 5.84 Å². The van der Waals surface area contributed by atoms with Gasteiger partial charge in [-0.3, -0.25) is 10.2 Å². The molecule has 2 rings (SSSR count). The normalized spacial score (nSPS) is 20.0. The van der Waals surface area contributed by atoms with Crippen LogP contribution in [-0.2, 0) is 4.79 Å². The monoisotopic (exact) mass is 216 g/mol. The van der Waals surface area contributed by atoms with Crippen molar-refractivity contribution in [2.45, 2.75) is 13.3 Å². The Kier molecular flexibility index (Phi) is 2.87. The molecule has 1 heterocycles. The summed E-state index contributed by atoms with van der Waals surface area (Å²) in [5, 5.41) is 4.05. The van der Waals surface area contributed by atoms with Gasteiger partial charge in [-0.25, -0.2) is 5.43 Å². The maximum atomic E-state index is 11.1. The molecule has 0 saturated carbocycles. The molecular weight excluding hydrogens is 204 g/mol. The van der Waals surface area contributed by atoms with Crippen molar-refractivity contribution in [1.82, 2.24) is 11.3 Å². The fourth-order valence-electron chi connectivity index (χ4n) is 1.72. The van der Waals surface area contributed by atoms with Crippen molar-refractivity contribution in [3.8, 4) is 0 Å². The molecule has 0 aliphatic carbocycles. The van der Waals surface area contributed by atoms with Gasteiger partial charge in [0.05, 0.1) is 11.4 Å². The van der Waals surface area contributed by atoms with Crippen LogP contribution in [0.25, 0.3) is 0 Å². The van der Waals surface area contributed by atoms with E-state index in [1.807, 2.05) is 19.1 Å². The Morgan fingerprint density at radius 2 is 2.12 bits per heavy atom. The summed E-state index contributed by atoms with van der Waals surface area (Å²) in [5.41, 5.74) is 6.98. The molecule has 0 spiro atoms. The Morgan fingerprint density at radius 1 is 1.44 bits per heavy atom. The summed E-state index contributed by atoms with van der Waals surface area (Å²) >= 11 is 0. The second-order valence-corrected chi connectivity index (χ2v) is 3.83. The van der Waals surface area contributed by atoms with E-state index in [0.29, 0.717) is 12.1 Å². The summed E-state index contributed by atoms with van der Waals surface area (Å²) < 4.78 is 0. The first kappa shape index (κ1) is 10.6. The summed E-state index contributed by atoms with van der Waals surface area (Å²) in [7, 11) is 0. The van der Waals surface area contributed by atoms with Gasteiger partial charge in [0.25, 0.3) is 0 Å². The number of carbonyl (C=O) groups excluding carboxylic acids is 1. The summed E-state index contributed by atoms with van der Waals surface area (Å²) in [6.07, 6.45) is 0.457. The fraction of sp³-hybridized carbons (Fsp3) is 0.273. The first-order valence-corrected chi connectivity index (χ1v) is 5.07. The second kappa shape index (κ2) is 4.32. The van der Waals surface area contributed by atoms with Crippen molar-refractivity contribution >= 4 is 17.3 Å². The van der Waals surface area contributed by atoms with Crippen LogP contribution in [0.2, 0.25) is 0 Å². The first-order valence-electron chi connectivity index (χ1n) is 5.07. The van der Waals surface area contributed by atoms with Gasteiger partial charge in [-0.15, -0.1) is 0 Å². The highest BCUT2D eigenvalue weighted by molar-refractivity contribution is 6.05. The van der Waals surface area contributed by atoms with E-state index >= 15 is 0 Å². The summed E-state index contributed by atoms with van der Waals surface area (Å²) in [6, 6.07) is 7.21. The number of nitrogens with one attached hydrogen (secondary N) is 2. The summed E-state index contributed by atoms with van der Waals surface area (Å²) in [5.74, 6) is 8.75. The molecule has 1 atom stereocenters. The van der Waals surface area contributed by atoms with E-state index in [2.05, 4.69) is 16.0 Å². The molecule has 1 amide bonds. The fourth-order valence-corrected chi connectivity index (χ4v) is 1.72. The molecule has 1 aromatic rings. The summed E-state index contributed by atoms with van der Waals surface area (Å²) in [6.45, 7) is 1.97. The van der Waals surface area contributed by atoms with Crippen LogP contribution in [0, 0.1) is 5.92 Å². The molecule has 16 heavy (non-hydrogen) atoms. The number of carbonyl (C=O) groups is 1. The minimum Gasteiger partial charge on any atom is -0.286 e. The van der Waals surface area contributed by atoms with Crippen molar-refractivity contribution < 1.29 is 4.79 Å². The lowest BCUT2D eigenvalue weighted by Gasteiger charge is -2.19. The van der Waals surface area contributed by atoms with Crippen LogP contribution in [-0.4, -0.2) is 11.6 Å². The van der Waals surface area contributed by atoms with Crippen LogP contribution in [0.5, 0.6) is 0 Å². The van der Waals surface area contributed by atoms with Gasteiger partial charge in [-0.2, -0.15) is 5.10 Å². The number of amides is 1. The smallest absolute Gasteiger partial charge is 0.240 e. The quantitative estimate of drug-likeness (QED) is 0.722. The molecule has 1 aromatic carbocycles. The maximum Gasteiger partial charge on any atom is 0.240 e. The van der Waals surface area contributed by atoms with Gasteiger partial charge < -0.3 is 0 Å². The number of nitrogens with zero attached hydrogens (tertiary/aromatic N) is 2. The van der Waals surface area contributed by atoms with E-state index in [1.165, 1.54) is 0 Å². The number of hydrogen-bond donors (Lipinski definition) is 2. The average molecular weight is 216 g/mol. The van der Waals surface area contributed by atoms with Gasteiger partial charge >= 0.3 is 0 Å². The third kappa shape index (κ3) is 2.04. The highest BCUT2D eigenvalue weighted by Crippen LogP contribution is 2.17. The van der Waals surface area contributed by atoms with Gasteiger partial charge in [0.1, 0.15) is 0 Å². The van der Waals surface area contributed by atoms with Crippen LogP contribution in [0.3, 0.4) is 0 Å². The molecule has 2 N–H and O–H groups in total. The summed E-state index contributed by atoms with van der Waals surface area (Å²) in [4.78, 5) is 11.1. The van der Waals surface area contributed by atoms with Gasteiger partial charge in [-0.1, -0.05) is 19.1 Å². The minimum atomic E-state index is -0.0510.